The van der Waals surface area contributed by atoms with Gasteiger partial charge in [-0.1, -0.05) is 6.58 Å². The number of hydrazone groups is 1. The second-order valence-electron chi connectivity index (χ2n) is 9.57. The fraction of sp³-hybridized carbons (Fsp3) is 0.400. The maximum Gasteiger partial charge on any atom is 0.482 e. The number of fused-ring (bicyclic) bond motifs is 1. The summed E-state index contributed by atoms with van der Waals surface area (Å²) in [5, 5.41) is 14.9. The summed E-state index contributed by atoms with van der Waals surface area (Å²) >= 11 is 0. The van der Waals surface area contributed by atoms with E-state index in [-0.39, 0.29) is 30.2 Å². The average molecular weight is 516 g/mol. The molecule has 37 heavy (non-hydrogen) atoms. The van der Waals surface area contributed by atoms with E-state index in [4.69, 9.17) is 4.74 Å². The summed E-state index contributed by atoms with van der Waals surface area (Å²) in [5.74, 6) is 0.348. The largest absolute Gasteiger partial charge is 0.482 e. The fourth-order valence-corrected chi connectivity index (χ4v) is 4.98. The maximum absolute atomic E-state index is 12.8. The lowest BCUT2D eigenvalue weighted by atomic mass is 9.80. The van der Waals surface area contributed by atoms with Crippen LogP contribution in [0.15, 0.2) is 54.3 Å². The molecular formula is C25H28F3N7O2. The number of amides is 1. The molecule has 12 heteroatoms. The molecule has 2 N–H and O–H groups in total. The maximum atomic E-state index is 12.8. The predicted octanol–water partition coefficient (Wildman–Crippen LogP) is 3.31. The van der Waals surface area contributed by atoms with Crippen LogP contribution >= 0.6 is 0 Å². The third-order valence-corrected chi connectivity index (χ3v) is 6.96. The van der Waals surface area contributed by atoms with Crippen molar-refractivity contribution in [1.29, 1.82) is 0 Å². The van der Waals surface area contributed by atoms with Gasteiger partial charge < -0.3 is 10.1 Å². The van der Waals surface area contributed by atoms with Crippen LogP contribution in [-0.4, -0.2) is 72.8 Å². The first kappa shape index (κ1) is 25.0. The molecule has 1 amide bonds. The highest BCUT2D eigenvalue weighted by Gasteiger charge is 2.45. The highest BCUT2D eigenvalue weighted by atomic mass is 19.4. The number of benzene rings is 1. The van der Waals surface area contributed by atoms with Crippen LogP contribution in [0.25, 0.3) is 0 Å². The quantitative estimate of drug-likeness (QED) is 0.432. The molecule has 2 atom stereocenters. The number of nitrogens with one attached hydrogen (secondary N) is 2. The summed E-state index contributed by atoms with van der Waals surface area (Å²) in [4.78, 5) is 16.7. The van der Waals surface area contributed by atoms with Crippen molar-refractivity contribution in [1.82, 2.24) is 20.3 Å². The van der Waals surface area contributed by atoms with E-state index in [1.54, 1.807) is 18.3 Å². The van der Waals surface area contributed by atoms with Gasteiger partial charge in [-0.15, -0.1) is 0 Å². The summed E-state index contributed by atoms with van der Waals surface area (Å²) in [6.07, 6.45) is 0.364. The molecule has 1 aromatic carbocycles. The smallest absolute Gasteiger partial charge is 0.377 e. The zero-order chi connectivity index (χ0) is 26.4. The minimum Gasteiger partial charge on any atom is -0.377 e. The number of carbonyl (C=O) groups is 1. The number of carbonyl (C=O) groups excluding carboxylic acids is 1. The second-order valence-corrected chi connectivity index (χ2v) is 9.57. The molecule has 0 bridgehead atoms. The number of hydrazine groups is 1. The molecule has 5 rings (SSSR count). The normalized spacial score (nSPS) is 23.6. The summed E-state index contributed by atoms with van der Waals surface area (Å²) in [6.45, 7) is 7.89. The molecule has 1 aromatic heterocycles. The van der Waals surface area contributed by atoms with Gasteiger partial charge in [-0.3, -0.25) is 20.1 Å². The van der Waals surface area contributed by atoms with E-state index >= 15 is 0 Å². The predicted molar refractivity (Wildman–Crippen MR) is 133 cm³/mol. The van der Waals surface area contributed by atoms with Crippen molar-refractivity contribution in [2.45, 2.75) is 30.7 Å². The zero-order valence-electron chi connectivity index (χ0n) is 20.5. The Bertz CT molecular complexity index is 1220. The number of pyridine rings is 1. The van der Waals surface area contributed by atoms with Crippen molar-refractivity contribution in [3.05, 3.63) is 60.3 Å². The molecule has 0 saturated carbocycles. The fourth-order valence-electron chi connectivity index (χ4n) is 4.98. The van der Waals surface area contributed by atoms with Crippen LogP contribution in [-0.2, 0) is 14.9 Å². The number of anilines is 3. The van der Waals surface area contributed by atoms with Crippen molar-refractivity contribution in [2.24, 2.45) is 5.10 Å². The summed E-state index contributed by atoms with van der Waals surface area (Å²) < 4.78 is 43.6. The van der Waals surface area contributed by atoms with Gasteiger partial charge in [0.15, 0.2) is 5.82 Å². The van der Waals surface area contributed by atoms with E-state index in [0.29, 0.717) is 31.3 Å². The zero-order valence-corrected chi connectivity index (χ0v) is 20.5. The van der Waals surface area contributed by atoms with Gasteiger partial charge in [-0.25, -0.2) is 9.99 Å². The lowest BCUT2D eigenvalue weighted by Gasteiger charge is -2.35. The molecule has 2 unspecified atom stereocenters. The number of aromatic nitrogens is 1. The molecule has 0 radical (unpaired) electrons. The first-order valence-electron chi connectivity index (χ1n) is 11.9. The van der Waals surface area contributed by atoms with Crippen LogP contribution in [0.4, 0.5) is 30.4 Å². The molecule has 1 saturated heterocycles. The molecule has 9 nitrogen and oxygen atoms in total. The lowest BCUT2D eigenvalue weighted by Crippen LogP contribution is -2.48. The van der Waals surface area contributed by atoms with Crippen LogP contribution < -0.4 is 15.6 Å². The van der Waals surface area contributed by atoms with Gasteiger partial charge in [-0.2, -0.15) is 18.3 Å². The van der Waals surface area contributed by atoms with Crippen molar-refractivity contribution in [3.8, 4) is 0 Å². The summed E-state index contributed by atoms with van der Waals surface area (Å²) in [6, 6.07) is 7.88. The van der Waals surface area contributed by atoms with Crippen molar-refractivity contribution in [2.75, 3.05) is 43.7 Å². The van der Waals surface area contributed by atoms with E-state index in [1.165, 1.54) is 23.5 Å². The number of hydrogen-bond donors (Lipinski definition) is 2. The van der Waals surface area contributed by atoms with Gasteiger partial charge in [0.25, 0.3) is 0 Å². The Labute approximate surface area is 212 Å². The number of hydrogen-bond acceptors (Lipinski definition) is 8. The summed E-state index contributed by atoms with van der Waals surface area (Å²) in [7, 11) is 1.86. The Kier molecular flexibility index (Phi) is 6.32. The van der Waals surface area contributed by atoms with E-state index < -0.39 is 11.7 Å². The SMILES string of the molecule is C=CC(=O)NCC1c2c(C3(C)C=NN(C4COC4)C3)ccnc2N(c2ccc(NC(F)(F)F)cc2)N1C. The van der Waals surface area contributed by atoms with Gasteiger partial charge in [0.2, 0.25) is 5.91 Å². The first-order valence-corrected chi connectivity index (χ1v) is 11.9. The topological polar surface area (TPSA) is 85.3 Å². The highest BCUT2D eigenvalue weighted by Crippen LogP contribution is 2.47. The number of alkyl halides is 3. The Morgan fingerprint density at radius 2 is 2.00 bits per heavy atom. The van der Waals surface area contributed by atoms with Crippen LogP contribution in [0.1, 0.15) is 24.1 Å². The van der Waals surface area contributed by atoms with Gasteiger partial charge in [-0.05, 0) is 48.9 Å². The van der Waals surface area contributed by atoms with Gasteiger partial charge in [0.1, 0.15) is 0 Å². The van der Waals surface area contributed by atoms with Crippen LogP contribution in [0.3, 0.4) is 0 Å². The van der Waals surface area contributed by atoms with Crippen LogP contribution in [0.2, 0.25) is 0 Å². The van der Waals surface area contributed by atoms with Crippen LogP contribution in [0, 0.1) is 0 Å². The number of likely N-dealkylation sites (N-methyl/N-ethyl adjacent to an activating group) is 1. The Hall–Kier alpha value is -3.64. The molecule has 1 fully saturated rings. The average Bonchev–Trinajstić information content (AvgIpc) is 3.33. The van der Waals surface area contributed by atoms with Crippen LogP contribution in [0.5, 0.6) is 0 Å². The molecule has 196 valence electrons. The highest BCUT2D eigenvalue weighted by molar-refractivity contribution is 5.87. The number of rotatable bonds is 7. The molecule has 3 aliphatic heterocycles. The van der Waals surface area contributed by atoms with Crippen molar-refractivity contribution < 1.29 is 22.7 Å². The standard InChI is InChI=1S/C25H28F3N7O2/c1-4-21(36)30-11-20-22-19(24(2)14-31-34(15-24)18-12-37-13-18)9-10-29-23(22)35(33(20)3)17-7-5-16(6-8-17)32-25(26,27)28/h4-10,14,18,20,32H,1,11-13,15H2,2-3H3,(H,30,36). The van der Waals surface area contributed by atoms with Gasteiger partial charge in [0, 0.05) is 42.7 Å². The Morgan fingerprint density at radius 3 is 2.62 bits per heavy atom. The number of nitrogens with zero attached hydrogens (tertiary/aromatic N) is 5. The molecule has 0 aliphatic carbocycles. The minimum atomic E-state index is -4.53. The Balaban J connectivity index is 1.52. The van der Waals surface area contributed by atoms with E-state index in [0.717, 1.165) is 11.1 Å². The van der Waals surface area contributed by atoms with Gasteiger partial charge >= 0.3 is 6.30 Å². The molecule has 3 aliphatic rings. The van der Waals surface area contributed by atoms with Crippen molar-refractivity contribution >= 4 is 29.3 Å². The molecule has 0 spiro atoms. The minimum absolute atomic E-state index is 0.0652. The van der Waals surface area contributed by atoms with Crippen molar-refractivity contribution in [3.63, 3.8) is 0 Å². The third-order valence-electron chi connectivity index (χ3n) is 6.96. The Morgan fingerprint density at radius 1 is 1.27 bits per heavy atom. The lowest BCUT2D eigenvalue weighted by molar-refractivity contribution is -0.116. The number of halogens is 3. The molecule has 2 aromatic rings. The third kappa shape index (κ3) is 4.74. The first-order chi connectivity index (χ1) is 17.6. The second kappa shape index (κ2) is 9.34. The van der Waals surface area contributed by atoms with E-state index in [1.807, 2.05) is 34.4 Å². The monoisotopic (exact) mass is 515 g/mol. The van der Waals surface area contributed by atoms with Gasteiger partial charge in [0.05, 0.1) is 37.5 Å². The molecule has 4 heterocycles. The summed E-state index contributed by atoms with van der Waals surface area (Å²) in [5.41, 5.74) is 2.10. The number of ether oxygens (including phenoxy) is 1. The van der Waals surface area contributed by atoms with E-state index in [9.17, 15) is 18.0 Å². The molecular weight excluding hydrogens is 487 g/mol. The van der Waals surface area contributed by atoms with E-state index in [2.05, 4.69) is 28.9 Å².